The fraction of sp³-hybridized carbons (Fsp3) is 0.400. The number of amides is 1. The monoisotopic (exact) mass is 340 g/mol. The summed E-state index contributed by atoms with van der Waals surface area (Å²) in [5.74, 6) is 1.16. The summed E-state index contributed by atoms with van der Waals surface area (Å²) in [5.41, 5.74) is 0.538. The predicted molar refractivity (Wildman–Crippen MR) is 95.7 cm³/mol. The van der Waals surface area contributed by atoms with E-state index < -0.39 is 0 Å². The summed E-state index contributed by atoms with van der Waals surface area (Å²) < 4.78 is 5.65. The van der Waals surface area contributed by atoms with Crippen LogP contribution >= 0.6 is 0 Å². The number of piperidine rings is 1. The quantitative estimate of drug-likeness (QED) is 0.905. The number of para-hydroxylation sites is 1. The highest BCUT2D eigenvalue weighted by molar-refractivity contribution is 5.94. The van der Waals surface area contributed by atoms with Crippen LogP contribution in [0.4, 0.5) is 0 Å². The van der Waals surface area contributed by atoms with Gasteiger partial charge in [0, 0.05) is 32.0 Å². The van der Waals surface area contributed by atoms with Gasteiger partial charge in [-0.1, -0.05) is 25.1 Å². The van der Waals surface area contributed by atoms with Gasteiger partial charge >= 0.3 is 0 Å². The van der Waals surface area contributed by atoms with Crippen molar-refractivity contribution < 1.29 is 14.6 Å². The second kappa shape index (κ2) is 7.66. The molecule has 5 heteroatoms. The number of pyridine rings is 1. The van der Waals surface area contributed by atoms with Crippen LogP contribution in [-0.4, -0.2) is 40.6 Å². The maximum atomic E-state index is 12.6. The van der Waals surface area contributed by atoms with Crippen LogP contribution in [0.5, 0.6) is 11.6 Å². The van der Waals surface area contributed by atoms with Gasteiger partial charge in [0.1, 0.15) is 5.75 Å². The van der Waals surface area contributed by atoms with Gasteiger partial charge in [0.05, 0.1) is 5.56 Å². The molecule has 1 aromatic carbocycles. The predicted octanol–water partition coefficient (Wildman–Crippen LogP) is 3.50. The topological polar surface area (TPSA) is 62.7 Å². The highest BCUT2D eigenvalue weighted by Crippen LogP contribution is 2.34. The van der Waals surface area contributed by atoms with Crippen LogP contribution in [0.15, 0.2) is 48.7 Å². The van der Waals surface area contributed by atoms with Crippen LogP contribution in [-0.2, 0) is 0 Å². The lowest BCUT2D eigenvalue weighted by atomic mass is 9.77. The molecule has 0 saturated carbocycles. The van der Waals surface area contributed by atoms with Crippen molar-refractivity contribution in [2.75, 3.05) is 19.7 Å². The van der Waals surface area contributed by atoms with Gasteiger partial charge in [-0.3, -0.25) is 4.79 Å². The molecule has 1 fully saturated rings. The molecule has 25 heavy (non-hydrogen) atoms. The molecule has 132 valence electrons. The van der Waals surface area contributed by atoms with Gasteiger partial charge in [-0.2, -0.15) is 0 Å². The van der Waals surface area contributed by atoms with Crippen molar-refractivity contribution in [3.8, 4) is 11.6 Å². The Hall–Kier alpha value is -2.40. The SMILES string of the molecule is CCC1(CO)CCN(C(=O)c2ccc(Oc3ccccc3)nc2)CC1. The van der Waals surface area contributed by atoms with Crippen molar-refractivity contribution >= 4 is 5.91 Å². The van der Waals surface area contributed by atoms with Crippen molar-refractivity contribution in [3.63, 3.8) is 0 Å². The first-order chi connectivity index (χ1) is 12.2. The van der Waals surface area contributed by atoms with E-state index in [9.17, 15) is 9.90 Å². The summed E-state index contributed by atoms with van der Waals surface area (Å²) in [7, 11) is 0. The zero-order valence-corrected chi connectivity index (χ0v) is 14.5. The normalized spacial score (nSPS) is 16.5. The molecule has 0 radical (unpaired) electrons. The smallest absolute Gasteiger partial charge is 0.255 e. The number of rotatable bonds is 5. The third kappa shape index (κ3) is 3.99. The van der Waals surface area contributed by atoms with E-state index in [2.05, 4.69) is 11.9 Å². The molecule has 1 aliphatic heterocycles. The number of aromatic nitrogens is 1. The van der Waals surface area contributed by atoms with Gasteiger partial charge in [-0.15, -0.1) is 0 Å². The number of ether oxygens (including phenoxy) is 1. The first-order valence-corrected chi connectivity index (χ1v) is 8.75. The summed E-state index contributed by atoms with van der Waals surface area (Å²) in [6.45, 7) is 3.65. The largest absolute Gasteiger partial charge is 0.439 e. The molecular formula is C20H24N2O3. The molecule has 2 heterocycles. The molecule has 0 spiro atoms. The van der Waals surface area contributed by atoms with Gasteiger partial charge in [0.25, 0.3) is 5.91 Å². The standard InChI is InChI=1S/C20H24N2O3/c1-2-20(15-23)10-12-22(13-11-20)19(24)16-8-9-18(21-14-16)25-17-6-4-3-5-7-17/h3-9,14,23H,2,10-13,15H2,1H3. The second-order valence-electron chi connectivity index (χ2n) is 6.60. The maximum absolute atomic E-state index is 12.6. The molecule has 0 unspecified atom stereocenters. The molecule has 5 nitrogen and oxygen atoms in total. The fourth-order valence-electron chi connectivity index (χ4n) is 3.17. The molecule has 1 aromatic heterocycles. The van der Waals surface area contributed by atoms with Crippen molar-refractivity contribution in [3.05, 3.63) is 54.2 Å². The van der Waals surface area contributed by atoms with Crippen LogP contribution in [0.25, 0.3) is 0 Å². The molecule has 3 rings (SSSR count). The van der Waals surface area contributed by atoms with Crippen molar-refractivity contribution in [2.45, 2.75) is 26.2 Å². The summed E-state index contributed by atoms with van der Waals surface area (Å²) in [6.07, 6.45) is 4.19. The van der Waals surface area contributed by atoms with Gasteiger partial charge in [-0.25, -0.2) is 4.98 Å². The minimum atomic E-state index is -0.0254. The van der Waals surface area contributed by atoms with Gasteiger partial charge < -0.3 is 14.7 Å². The van der Waals surface area contributed by atoms with Gasteiger partial charge in [0.15, 0.2) is 0 Å². The summed E-state index contributed by atoms with van der Waals surface area (Å²) >= 11 is 0. The van der Waals surface area contributed by atoms with Crippen LogP contribution < -0.4 is 4.74 Å². The third-order valence-corrected chi connectivity index (χ3v) is 5.15. The molecule has 0 atom stereocenters. The Morgan fingerprint density at radius 1 is 1.20 bits per heavy atom. The van der Waals surface area contributed by atoms with E-state index in [0.29, 0.717) is 30.3 Å². The van der Waals surface area contributed by atoms with Crippen LogP contribution in [0.1, 0.15) is 36.5 Å². The van der Waals surface area contributed by atoms with Crippen molar-refractivity contribution in [2.24, 2.45) is 5.41 Å². The number of hydrogen-bond acceptors (Lipinski definition) is 4. The Morgan fingerprint density at radius 2 is 1.92 bits per heavy atom. The lowest BCUT2D eigenvalue weighted by molar-refractivity contribution is 0.0338. The van der Waals surface area contributed by atoms with Crippen LogP contribution in [0.3, 0.4) is 0 Å². The van der Waals surface area contributed by atoms with Crippen molar-refractivity contribution in [1.82, 2.24) is 9.88 Å². The first kappa shape index (κ1) is 17.4. The summed E-state index contributed by atoms with van der Waals surface area (Å²) in [5, 5.41) is 9.61. The Labute approximate surface area is 148 Å². The van der Waals surface area contributed by atoms with Crippen LogP contribution in [0, 0.1) is 5.41 Å². The minimum Gasteiger partial charge on any atom is -0.439 e. The number of benzene rings is 1. The maximum Gasteiger partial charge on any atom is 0.255 e. The fourth-order valence-corrected chi connectivity index (χ4v) is 3.17. The van der Waals surface area contributed by atoms with Gasteiger partial charge in [-0.05, 0) is 42.9 Å². The van der Waals surface area contributed by atoms with E-state index in [-0.39, 0.29) is 17.9 Å². The molecule has 0 aliphatic carbocycles. The molecule has 0 bridgehead atoms. The van der Waals surface area contributed by atoms with E-state index in [0.717, 1.165) is 19.3 Å². The minimum absolute atomic E-state index is 0.0126. The van der Waals surface area contributed by atoms with E-state index in [4.69, 9.17) is 4.74 Å². The Bertz CT molecular complexity index is 687. The Morgan fingerprint density at radius 3 is 2.48 bits per heavy atom. The number of hydrogen-bond donors (Lipinski definition) is 1. The Balaban J connectivity index is 1.62. The van der Waals surface area contributed by atoms with E-state index in [1.54, 1.807) is 18.3 Å². The zero-order chi connectivity index (χ0) is 17.7. The number of nitrogens with zero attached hydrogens (tertiary/aromatic N) is 2. The molecule has 2 aromatic rings. The van der Waals surface area contributed by atoms with Crippen LogP contribution in [0.2, 0.25) is 0 Å². The lowest BCUT2D eigenvalue weighted by Crippen LogP contribution is -2.44. The molecule has 1 saturated heterocycles. The molecule has 1 N–H and O–H groups in total. The van der Waals surface area contributed by atoms with Gasteiger partial charge in [0.2, 0.25) is 5.88 Å². The Kier molecular flexibility index (Phi) is 5.34. The lowest BCUT2D eigenvalue weighted by Gasteiger charge is -2.40. The summed E-state index contributed by atoms with van der Waals surface area (Å²) in [4.78, 5) is 18.7. The first-order valence-electron chi connectivity index (χ1n) is 8.75. The average molecular weight is 340 g/mol. The average Bonchev–Trinajstić information content (AvgIpc) is 2.69. The number of likely N-dealkylation sites (tertiary alicyclic amines) is 1. The number of aliphatic hydroxyl groups is 1. The zero-order valence-electron chi connectivity index (χ0n) is 14.5. The number of carbonyl (C=O) groups excluding carboxylic acids is 1. The van der Waals surface area contributed by atoms with E-state index in [1.807, 2.05) is 35.2 Å². The van der Waals surface area contributed by atoms with E-state index in [1.165, 1.54) is 0 Å². The molecule has 1 amide bonds. The number of aliphatic hydroxyl groups excluding tert-OH is 1. The second-order valence-corrected chi connectivity index (χ2v) is 6.60. The molecule has 1 aliphatic rings. The van der Waals surface area contributed by atoms with Crippen molar-refractivity contribution in [1.29, 1.82) is 0 Å². The summed E-state index contributed by atoms with van der Waals surface area (Å²) in [6, 6.07) is 12.9. The third-order valence-electron chi connectivity index (χ3n) is 5.15. The number of carbonyl (C=O) groups is 1. The van der Waals surface area contributed by atoms with E-state index >= 15 is 0 Å². The highest BCUT2D eigenvalue weighted by atomic mass is 16.5. The highest BCUT2D eigenvalue weighted by Gasteiger charge is 2.34. The molecular weight excluding hydrogens is 316 g/mol.